The van der Waals surface area contributed by atoms with Crippen molar-refractivity contribution in [3.05, 3.63) is 47.3 Å². The molecule has 2 heterocycles. The Morgan fingerprint density at radius 1 is 1.21 bits per heavy atom. The van der Waals surface area contributed by atoms with E-state index in [0.29, 0.717) is 12.0 Å². The topological polar surface area (TPSA) is 38.5 Å². The Morgan fingerprint density at radius 2 is 1.96 bits per heavy atom. The maximum absolute atomic E-state index is 5.72. The van der Waals surface area contributed by atoms with Crippen LogP contribution in [0.25, 0.3) is 0 Å². The van der Waals surface area contributed by atoms with Crippen LogP contribution in [0.15, 0.2) is 34.9 Å². The van der Waals surface area contributed by atoms with Crippen LogP contribution in [0.3, 0.4) is 0 Å². The van der Waals surface area contributed by atoms with Gasteiger partial charge in [-0.1, -0.05) is 31.1 Å². The van der Waals surface area contributed by atoms with Crippen LogP contribution in [0, 0.1) is 0 Å². The molecule has 0 aliphatic carbocycles. The van der Waals surface area contributed by atoms with E-state index in [1.54, 1.807) is 0 Å². The Balaban J connectivity index is 1.67. The summed E-state index contributed by atoms with van der Waals surface area (Å²) in [6.45, 7) is 10.4. The molecule has 1 aliphatic rings. The van der Waals surface area contributed by atoms with Crippen LogP contribution in [0.4, 0.5) is 0 Å². The van der Waals surface area contributed by atoms with Gasteiger partial charge in [0.05, 0.1) is 12.1 Å². The Bertz CT molecular complexity index is 646. The van der Waals surface area contributed by atoms with E-state index in [9.17, 15) is 0 Å². The highest BCUT2D eigenvalue weighted by Gasteiger charge is 2.29. The van der Waals surface area contributed by atoms with Crippen molar-refractivity contribution in [1.29, 1.82) is 0 Å². The minimum atomic E-state index is 0.209. The van der Waals surface area contributed by atoms with Gasteiger partial charge < -0.3 is 9.26 Å². The molecule has 0 radical (unpaired) electrons. The van der Waals surface area contributed by atoms with Crippen LogP contribution in [-0.2, 0) is 6.54 Å². The first-order chi connectivity index (χ1) is 11.5. The molecule has 1 atom stereocenters. The lowest BCUT2D eigenvalue weighted by Crippen LogP contribution is -2.23. The number of hydrogen-bond acceptors (Lipinski definition) is 4. The van der Waals surface area contributed by atoms with Crippen molar-refractivity contribution in [2.75, 3.05) is 6.54 Å². The van der Waals surface area contributed by atoms with E-state index in [1.807, 2.05) is 13.8 Å². The maximum Gasteiger partial charge on any atom is 0.139 e. The van der Waals surface area contributed by atoms with E-state index in [1.165, 1.54) is 12.0 Å². The van der Waals surface area contributed by atoms with Gasteiger partial charge in [0.15, 0.2) is 0 Å². The number of benzene rings is 1. The second-order valence-corrected chi connectivity index (χ2v) is 7.25. The van der Waals surface area contributed by atoms with Crippen molar-refractivity contribution in [3.63, 3.8) is 0 Å². The number of ether oxygens (including phenoxy) is 1. The number of nitrogens with zero attached hydrogens (tertiary/aromatic N) is 2. The molecule has 1 saturated heterocycles. The molecule has 1 aliphatic heterocycles. The molecule has 0 spiro atoms. The zero-order valence-electron chi connectivity index (χ0n) is 15.2. The Hall–Kier alpha value is -1.81. The van der Waals surface area contributed by atoms with E-state index < -0.39 is 0 Å². The molecular formula is C20H28N2O2. The van der Waals surface area contributed by atoms with E-state index in [-0.39, 0.29) is 6.10 Å². The first-order valence-electron chi connectivity index (χ1n) is 8.99. The zero-order chi connectivity index (χ0) is 17.1. The highest BCUT2D eigenvalue weighted by Crippen LogP contribution is 2.34. The van der Waals surface area contributed by atoms with Gasteiger partial charge in [0.25, 0.3) is 0 Å². The monoisotopic (exact) mass is 328 g/mol. The molecule has 4 nitrogen and oxygen atoms in total. The van der Waals surface area contributed by atoms with Gasteiger partial charge in [-0.05, 0) is 50.9 Å². The van der Waals surface area contributed by atoms with Crippen LogP contribution < -0.4 is 4.74 Å². The standard InChI is InChI=1S/C20H28N2O2/c1-14(2)20-12-18(21-24-20)19-6-5-11-22(19)13-16-7-9-17(10-8-16)23-15(3)4/h7-10,12,14-15,19H,5-6,11,13H2,1-4H3/t19-/m0/s1. The normalized spacial score (nSPS) is 18.7. The van der Waals surface area contributed by atoms with Gasteiger partial charge in [0.2, 0.25) is 0 Å². The Morgan fingerprint density at radius 3 is 2.58 bits per heavy atom. The Labute approximate surface area is 144 Å². The molecule has 4 heteroatoms. The molecular weight excluding hydrogens is 300 g/mol. The third kappa shape index (κ3) is 3.99. The fourth-order valence-electron chi connectivity index (χ4n) is 3.26. The predicted octanol–water partition coefficient (Wildman–Crippen LogP) is 4.92. The maximum atomic E-state index is 5.72. The lowest BCUT2D eigenvalue weighted by molar-refractivity contribution is 0.234. The molecule has 0 bridgehead atoms. The molecule has 1 fully saturated rings. The minimum Gasteiger partial charge on any atom is -0.491 e. The average molecular weight is 328 g/mol. The third-order valence-electron chi connectivity index (χ3n) is 4.50. The number of likely N-dealkylation sites (tertiary alicyclic amines) is 1. The summed E-state index contributed by atoms with van der Waals surface area (Å²) in [5.74, 6) is 2.30. The summed E-state index contributed by atoms with van der Waals surface area (Å²) >= 11 is 0. The summed E-state index contributed by atoms with van der Waals surface area (Å²) < 4.78 is 11.2. The van der Waals surface area contributed by atoms with Crippen molar-refractivity contribution in [2.24, 2.45) is 0 Å². The van der Waals surface area contributed by atoms with Crippen LogP contribution in [-0.4, -0.2) is 22.7 Å². The molecule has 3 rings (SSSR count). The minimum absolute atomic E-state index is 0.209. The first-order valence-corrected chi connectivity index (χ1v) is 8.99. The van der Waals surface area contributed by atoms with Crippen molar-refractivity contribution >= 4 is 0 Å². The molecule has 1 aromatic carbocycles. The molecule has 1 aromatic heterocycles. The number of rotatable bonds is 6. The van der Waals surface area contributed by atoms with Crippen LogP contribution in [0.1, 0.15) is 69.5 Å². The molecule has 0 N–H and O–H groups in total. The van der Waals surface area contributed by atoms with Crippen LogP contribution in [0.2, 0.25) is 0 Å². The molecule has 0 unspecified atom stereocenters. The molecule has 0 amide bonds. The summed E-state index contributed by atoms with van der Waals surface area (Å²) in [6.07, 6.45) is 2.57. The van der Waals surface area contributed by atoms with E-state index in [2.05, 4.69) is 54.2 Å². The third-order valence-corrected chi connectivity index (χ3v) is 4.50. The fourth-order valence-corrected chi connectivity index (χ4v) is 3.26. The lowest BCUT2D eigenvalue weighted by atomic mass is 10.1. The van der Waals surface area contributed by atoms with Gasteiger partial charge >= 0.3 is 0 Å². The van der Waals surface area contributed by atoms with Crippen molar-refractivity contribution in [2.45, 2.75) is 65.1 Å². The van der Waals surface area contributed by atoms with Crippen molar-refractivity contribution in [3.8, 4) is 5.75 Å². The first kappa shape index (κ1) is 17.0. The van der Waals surface area contributed by atoms with E-state index in [4.69, 9.17) is 9.26 Å². The number of aromatic nitrogens is 1. The van der Waals surface area contributed by atoms with Gasteiger partial charge in [0, 0.05) is 18.5 Å². The summed E-state index contributed by atoms with van der Waals surface area (Å²) in [7, 11) is 0. The average Bonchev–Trinajstić information content (AvgIpc) is 3.17. The quantitative estimate of drug-likeness (QED) is 0.754. The largest absolute Gasteiger partial charge is 0.491 e. The van der Waals surface area contributed by atoms with Crippen molar-refractivity contribution in [1.82, 2.24) is 10.1 Å². The van der Waals surface area contributed by atoms with E-state index in [0.717, 1.165) is 36.7 Å². The van der Waals surface area contributed by atoms with Gasteiger partial charge in [-0.3, -0.25) is 4.90 Å². The number of hydrogen-bond donors (Lipinski definition) is 0. The van der Waals surface area contributed by atoms with Gasteiger partial charge in [-0.2, -0.15) is 0 Å². The SMILES string of the molecule is CC(C)Oc1ccc(CN2CCC[C@H]2c2cc(C(C)C)on2)cc1. The highest BCUT2D eigenvalue weighted by atomic mass is 16.5. The second kappa shape index (κ2) is 7.39. The molecule has 24 heavy (non-hydrogen) atoms. The van der Waals surface area contributed by atoms with Gasteiger partial charge in [0.1, 0.15) is 17.2 Å². The second-order valence-electron chi connectivity index (χ2n) is 7.25. The van der Waals surface area contributed by atoms with E-state index >= 15 is 0 Å². The van der Waals surface area contributed by atoms with Crippen LogP contribution in [0.5, 0.6) is 5.75 Å². The fraction of sp³-hybridized carbons (Fsp3) is 0.550. The van der Waals surface area contributed by atoms with Gasteiger partial charge in [-0.15, -0.1) is 0 Å². The molecule has 130 valence electrons. The zero-order valence-corrected chi connectivity index (χ0v) is 15.2. The Kier molecular flexibility index (Phi) is 5.24. The van der Waals surface area contributed by atoms with Gasteiger partial charge in [-0.25, -0.2) is 0 Å². The van der Waals surface area contributed by atoms with Crippen LogP contribution >= 0.6 is 0 Å². The smallest absolute Gasteiger partial charge is 0.139 e. The lowest BCUT2D eigenvalue weighted by Gasteiger charge is -2.22. The summed E-state index contributed by atoms with van der Waals surface area (Å²) in [4.78, 5) is 2.50. The summed E-state index contributed by atoms with van der Waals surface area (Å²) in [6, 6.07) is 11.0. The predicted molar refractivity (Wildman–Crippen MR) is 95.2 cm³/mol. The molecule has 2 aromatic rings. The van der Waals surface area contributed by atoms with Crippen molar-refractivity contribution < 1.29 is 9.26 Å². The molecule has 0 saturated carbocycles. The highest BCUT2D eigenvalue weighted by molar-refractivity contribution is 5.27. The summed E-state index contributed by atoms with van der Waals surface area (Å²) in [5.41, 5.74) is 2.39. The summed E-state index contributed by atoms with van der Waals surface area (Å²) in [5, 5.41) is 4.32.